The molecule has 2 rings (SSSR count). The first-order valence-corrected chi connectivity index (χ1v) is 7.82. The van der Waals surface area contributed by atoms with Gasteiger partial charge in [0.25, 0.3) is 0 Å². The van der Waals surface area contributed by atoms with E-state index < -0.39 is 23.3 Å². The number of aldehydes is 1. The van der Waals surface area contributed by atoms with E-state index in [0.29, 0.717) is 16.0 Å². The minimum Gasteiger partial charge on any atom is -0.456 e. The van der Waals surface area contributed by atoms with Gasteiger partial charge < -0.3 is 4.74 Å². The van der Waals surface area contributed by atoms with E-state index in [9.17, 15) is 22.8 Å². The van der Waals surface area contributed by atoms with Gasteiger partial charge in [-0.25, -0.2) is 4.79 Å². The van der Waals surface area contributed by atoms with Crippen molar-refractivity contribution in [1.29, 1.82) is 0 Å². The maximum atomic E-state index is 13.1. The van der Waals surface area contributed by atoms with Gasteiger partial charge in [0.15, 0.2) is 6.29 Å². The third kappa shape index (κ3) is 4.44. The van der Waals surface area contributed by atoms with Crippen LogP contribution in [0.5, 0.6) is 0 Å². The highest BCUT2D eigenvalue weighted by Crippen LogP contribution is 2.36. The number of hydrogen-bond donors (Lipinski definition) is 0. The molecule has 0 unspecified atom stereocenters. The third-order valence-corrected chi connectivity index (χ3v) is 3.98. The molecule has 0 saturated heterocycles. The Morgan fingerprint density at radius 1 is 1.12 bits per heavy atom. The number of hydrogen-bond acceptors (Lipinski definition) is 4. The fraction of sp³-hybridized carbons (Fsp3) is 0.294. The Kier molecular flexibility index (Phi) is 4.85. The highest BCUT2D eigenvalue weighted by molar-refractivity contribution is 7.17. The Hall–Kier alpha value is -2.15. The van der Waals surface area contributed by atoms with Gasteiger partial charge in [-0.2, -0.15) is 13.2 Å². The Bertz CT molecular complexity index is 770. The molecule has 2 aromatic rings. The summed E-state index contributed by atoms with van der Waals surface area (Å²) in [4.78, 5) is 23.8. The van der Waals surface area contributed by atoms with Crippen LogP contribution in [0, 0.1) is 0 Å². The number of benzene rings is 1. The predicted octanol–water partition coefficient (Wildman–Crippen LogP) is 5.20. The second kappa shape index (κ2) is 6.39. The number of halogens is 3. The summed E-state index contributed by atoms with van der Waals surface area (Å²) in [6, 6.07) is 6.12. The third-order valence-electron chi connectivity index (χ3n) is 2.92. The molecule has 0 radical (unpaired) electrons. The van der Waals surface area contributed by atoms with Gasteiger partial charge in [0.2, 0.25) is 0 Å². The fourth-order valence-electron chi connectivity index (χ4n) is 1.96. The normalized spacial score (nSPS) is 12.1. The Morgan fingerprint density at radius 3 is 2.29 bits per heavy atom. The van der Waals surface area contributed by atoms with Gasteiger partial charge in [0, 0.05) is 4.88 Å². The van der Waals surface area contributed by atoms with E-state index in [-0.39, 0.29) is 11.1 Å². The lowest BCUT2D eigenvalue weighted by molar-refractivity contribution is -0.137. The van der Waals surface area contributed by atoms with Crippen LogP contribution in [0.25, 0.3) is 10.4 Å². The number of ether oxygens (including phenoxy) is 1. The zero-order valence-electron chi connectivity index (χ0n) is 13.2. The number of rotatable bonds is 3. The molecule has 0 spiro atoms. The second-order valence-corrected chi connectivity index (χ2v) is 7.23. The first-order valence-electron chi connectivity index (χ1n) is 7.00. The molecule has 0 saturated carbocycles. The van der Waals surface area contributed by atoms with Crippen LogP contribution in [0.15, 0.2) is 30.3 Å². The topological polar surface area (TPSA) is 43.4 Å². The van der Waals surface area contributed by atoms with Gasteiger partial charge >= 0.3 is 12.1 Å². The lowest BCUT2D eigenvalue weighted by Crippen LogP contribution is -2.24. The van der Waals surface area contributed by atoms with Crippen LogP contribution < -0.4 is 0 Å². The fourth-order valence-corrected chi connectivity index (χ4v) is 2.77. The average Bonchev–Trinajstić information content (AvgIpc) is 2.93. The zero-order valence-corrected chi connectivity index (χ0v) is 14.0. The molecule has 0 aliphatic carbocycles. The summed E-state index contributed by atoms with van der Waals surface area (Å²) in [6.45, 7) is 4.90. The molecule has 0 aliphatic heterocycles. The van der Waals surface area contributed by atoms with Crippen molar-refractivity contribution < 1.29 is 27.5 Å². The van der Waals surface area contributed by atoms with E-state index in [0.717, 1.165) is 23.5 Å². The van der Waals surface area contributed by atoms with Crippen molar-refractivity contribution >= 4 is 23.6 Å². The molecular weight excluding hydrogens is 341 g/mol. The molecule has 0 amide bonds. The molecule has 1 aromatic carbocycles. The van der Waals surface area contributed by atoms with Crippen molar-refractivity contribution in [3.05, 3.63) is 46.3 Å². The van der Waals surface area contributed by atoms with E-state index in [1.807, 2.05) is 0 Å². The maximum absolute atomic E-state index is 13.1. The van der Waals surface area contributed by atoms with Crippen LogP contribution in [-0.2, 0) is 10.9 Å². The highest BCUT2D eigenvalue weighted by atomic mass is 32.1. The maximum Gasteiger partial charge on any atom is 0.416 e. The summed E-state index contributed by atoms with van der Waals surface area (Å²) in [5, 5.41) is 0. The summed E-state index contributed by atoms with van der Waals surface area (Å²) < 4.78 is 44.5. The first kappa shape index (κ1) is 18.2. The molecule has 0 N–H and O–H groups in total. The molecule has 0 bridgehead atoms. The molecule has 7 heteroatoms. The first-order chi connectivity index (χ1) is 11.0. The van der Waals surface area contributed by atoms with E-state index in [1.54, 1.807) is 26.8 Å². The Morgan fingerprint density at radius 2 is 1.79 bits per heavy atom. The summed E-state index contributed by atoms with van der Waals surface area (Å²) in [6.07, 6.45) is -3.98. The van der Waals surface area contributed by atoms with Gasteiger partial charge in [0.05, 0.1) is 16.0 Å². The van der Waals surface area contributed by atoms with Crippen molar-refractivity contribution in [2.75, 3.05) is 0 Å². The van der Waals surface area contributed by atoms with Crippen LogP contribution in [0.4, 0.5) is 13.2 Å². The number of carbonyl (C=O) groups excluding carboxylic acids is 2. The van der Waals surface area contributed by atoms with Gasteiger partial charge in [-0.1, -0.05) is 0 Å². The van der Waals surface area contributed by atoms with Crippen molar-refractivity contribution in [3.63, 3.8) is 0 Å². The molecule has 3 nitrogen and oxygen atoms in total. The van der Waals surface area contributed by atoms with Crippen molar-refractivity contribution in [1.82, 2.24) is 0 Å². The molecule has 1 aromatic heterocycles. The summed E-state index contributed by atoms with van der Waals surface area (Å²) in [5.74, 6) is -0.831. The van der Waals surface area contributed by atoms with E-state index in [1.165, 1.54) is 12.1 Å². The highest BCUT2D eigenvalue weighted by Gasteiger charge is 2.32. The van der Waals surface area contributed by atoms with Crippen molar-refractivity contribution in [2.45, 2.75) is 32.5 Å². The van der Waals surface area contributed by atoms with Crippen LogP contribution in [0.3, 0.4) is 0 Å². The quantitative estimate of drug-likeness (QED) is 0.561. The van der Waals surface area contributed by atoms with Crippen molar-refractivity contribution in [2.24, 2.45) is 0 Å². The molecule has 0 fully saturated rings. The Balaban J connectivity index is 2.53. The van der Waals surface area contributed by atoms with Gasteiger partial charge in [-0.05, 0) is 56.7 Å². The Labute approximate surface area is 141 Å². The van der Waals surface area contributed by atoms with Gasteiger partial charge in [-0.15, -0.1) is 11.3 Å². The van der Waals surface area contributed by atoms with E-state index in [4.69, 9.17) is 4.74 Å². The van der Waals surface area contributed by atoms with Crippen LogP contribution >= 0.6 is 11.3 Å². The smallest absolute Gasteiger partial charge is 0.416 e. The predicted molar refractivity (Wildman–Crippen MR) is 85.3 cm³/mol. The molecule has 24 heavy (non-hydrogen) atoms. The molecule has 128 valence electrons. The minimum absolute atomic E-state index is 0.184. The van der Waals surface area contributed by atoms with Crippen molar-refractivity contribution in [3.8, 4) is 10.4 Å². The molecule has 1 heterocycles. The number of thiophene rings is 1. The summed E-state index contributed by atoms with van der Waals surface area (Å²) in [5.41, 5.74) is -1.74. The standard InChI is InChI=1S/C17H15F3O3S/c1-16(2,3)23-15(22)11-6-10(7-12(8-11)17(18,19)20)14-5-4-13(9-21)24-14/h4-9H,1-3H3. The van der Waals surface area contributed by atoms with E-state index >= 15 is 0 Å². The molecule has 0 atom stereocenters. The molecular formula is C17H15F3O3S. The number of esters is 1. The monoisotopic (exact) mass is 356 g/mol. The molecule has 0 aliphatic rings. The van der Waals surface area contributed by atoms with Crippen LogP contribution in [0.1, 0.15) is 46.4 Å². The SMILES string of the molecule is CC(C)(C)OC(=O)c1cc(-c2ccc(C=O)s2)cc(C(F)(F)F)c1. The minimum atomic E-state index is -4.60. The largest absolute Gasteiger partial charge is 0.456 e. The van der Waals surface area contributed by atoms with Gasteiger partial charge in [0.1, 0.15) is 5.60 Å². The zero-order chi connectivity index (χ0) is 18.1. The summed E-state index contributed by atoms with van der Waals surface area (Å²) >= 11 is 1.05. The second-order valence-electron chi connectivity index (χ2n) is 6.12. The van der Waals surface area contributed by atoms with Crippen LogP contribution in [0.2, 0.25) is 0 Å². The summed E-state index contributed by atoms with van der Waals surface area (Å²) in [7, 11) is 0. The van der Waals surface area contributed by atoms with Crippen LogP contribution in [-0.4, -0.2) is 17.9 Å². The average molecular weight is 356 g/mol. The number of carbonyl (C=O) groups is 2. The van der Waals surface area contributed by atoms with E-state index in [2.05, 4.69) is 0 Å². The lowest BCUT2D eigenvalue weighted by atomic mass is 10.0. The van der Waals surface area contributed by atoms with Gasteiger partial charge in [-0.3, -0.25) is 4.79 Å². The number of alkyl halides is 3. The lowest BCUT2D eigenvalue weighted by Gasteiger charge is -2.20.